The lowest BCUT2D eigenvalue weighted by Crippen LogP contribution is -2.16. The highest BCUT2D eigenvalue weighted by Gasteiger charge is 2.15. The van der Waals surface area contributed by atoms with Crippen LogP contribution in [0, 0.1) is 19.8 Å². The number of rotatable bonds is 3. The number of hydrogen-bond donors (Lipinski definition) is 1. The van der Waals surface area contributed by atoms with E-state index < -0.39 is 0 Å². The molecule has 2 heterocycles. The van der Waals surface area contributed by atoms with E-state index in [0.717, 1.165) is 31.1 Å². The van der Waals surface area contributed by atoms with Crippen molar-refractivity contribution in [2.45, 2.75) is 20.3 Å². The quantitative estimate of drug-likeness (QED) is 0.805. The Kier molecular flexibility index (Phi) is 3.16. The first-order chi connectivity index (χ1) is 7.24. The highest BCUT2D eigenvalue weighted by Crippen LogP contribution is 2.11. The SMILES string of the molecule is Cc1cc(C)nc(OCC2CCNC2)n1. The maximum absolute atomic E-state index is 5.59. The predicted octanol–water partition coefficient (Wildman–Crippen LogP) is 1.08. The van der Waals surface area contributed by atoms with Crippen LogP contribution in [0.5, 0.6) is 6.01 Å². The van der Waals surface area contributed by atoms with Crippen LogP contribution in [0.1, 0.15) is 17.8 Å². The van der Waals surface area contributed by atoms with E-state index >= 15 is 0 Å². The van der Waals surface area contributed by atoms with Gasteiger partial charge in [0.05, 0.1) is 6.61 Å². The van der Waals surface area contributed by atoms with Gasteiger partial charge in [0.1, 0.15) is 0 Å². The van der Waals surface area contributed by atoms with E-state index in [-0.39, 0.29) is 0 Å². The van der Waals surface area contributed by atoms with Crippen molar-refractivity contribution in [3.8, 4) is 6.01 Å². The van der Waals surface area contributed by atoms with Gasteiger partial charge in [0, 0.05) is 23.9 Å². The zero-order chi connectivity index (χ0) is 10.7. The number of aryl methyl sites for hydroxylation is 2. The van der Waals surface area contributed by atoms with E-state index in [2.05, 4.69) is 15.3 Å². The predicted molar refractivity (Wildman–Crippen MR) is 58.0 cm³/mol. The first kappa shape index (κ1) is 10.4. The summed E-state index contributed by atoms with van der Waals surface area (Å²) in [6, 6.07) is 2.46. The van der Waals surface area contributed by atoms with Crippen LogP contribution in [0.25, 0.3) is 0 Å². The van der Waals surface area contributed by atoms with Gasteiger partial charge in [-0.3, -0.25) is 0 Å². The smallest absolute Gasteiger partial charge is 0.316 e. The number of aromatic nitrogens is 2. The van der Waals surface area contributed by atoms with Gasteiger partial charge < -0.3 is 10.1 Å². The molecule has 1 unspecified atom stereocenters. The van der Waals surface area contributed by atoms with Gasteiger partial charge in [-0.1, -0.05) is 0 Å². The molecule has 2 rings (SSSR count). The van der Waals surface area contributed by atoms with Crippen molar-refractivity contribution in [1.82, 2.24) is 15.3 Å². The Morgan fingerprint density at radius 2 is 2.13 bits per heavy atom. The van der Waals surface area contributed by atoms with Crippen LogP contribution in [0.3, 0.4) is 0 Å². The fourth-order valence-electron chi connectivity index (χ4n) is 1.81. The summed E-state index contributed by atoms with van der Waals surface area (Å²) >= 11 is 0. The van der Waals surface area contributed by atoms with E-state index in [4.69, 9.17) is 4.74 Å². The molecule has 1 aromatic heterocycles. The Bertz CT molecular complexity index is 314. The molecule has 0 spiro atoms. The first-order valence-electron chi connectivity index (χ1n) is 5.40. The van der Waals surface area contributed by atoms with Crippen molar-refractivity contribution in [3.05, 3.63) is 17.5 Å². The van der Waals surface area contributed by atoms with Crippen molar-refractivity contribution in [1.29, 1.82) is 0 Å². The molecule has 0 aliphatic carbocycles. The minimum absolute atomic E-state index is 0.513. The summed E-state index contributed by atoms with van der Waals surface area (Å²) in [7, 11) is 0. The Labute approximate surface area is 90.1 Å². The van der Waals surface area contributed by atoms with E-state index in [1.54, 1.807) is 0 Å². The molecule has 15 heavy (non-hydrogen) atoms. The summed E-state index contributed by atoms with van der Waals surface area (Å²) < 4.78 is 5.59. The van der Waals surface area contributed by atoms with Crippen LogP contribution in [0.2, 0.25) is 0 Å². The van der Waals surface area contributed by atoms with Crippen LogP contribution in [-0.2, 0) is 0 Å². The monoisotopic (exact) mass is 207 g/mol. The third-order valence-corrected chi connectivity index (χ3v) is 2.57. The standard InChI is InChI=1S/C11H17N3O/c1-8-5-9(2)14-11(13-8)15-7-10-3-4-12-6-10/h5,10,12H,3-4,6-7H2,1-2H3. The van der Waals surface area contributed by atoms with Crippen LogP contribution < -0.4 is 10.1 Å². The van der Waals surface area contributed by atoms with Gasteiger partial charge in [-0.2, -0.15) is 0 Å². The normalized spacial score (nSPS) is 20.5. The summed E-state index contributed by atoms with van der Waals surface area (Å²) in [4.78, 5) is 8.48. The van der Waals surface area contributed by atoms with Crippen LogP contribution in [0.4, 0.5) is 0 Å². The maximum atomic E-state index is 5.59. The second kappa shape index (κ2) is 4.57. The van der Waals surface area contributed by atoms with Crippen LogP contribution in [0.15, 0.2) is 6.07 Å². The molecule has 4 nitrogen and oxygen atoms in total. The molecule has 1 aliphatic rings. The van der Waals surface area contributed by atoms with Crippen molar-refractivity contribution in [2.75, 3.05) is 19.7 Å². The molecule has 1 saturated heterocycles. The molecule has 4 heteroatoms. The first-order valence-corrected chi connectivity index (χ1v) is 5.40. The third kappa shape index (κ3) is 2.89. The Morgan fingerprint density at radius 3 is 2.73 bits per heavy atom. The van der Waals surface area contributed by atoms with Gasteiger partial charge in [-0.15, -0.1) is 0 Å². The molecule has 1 atom stereocenters. The molecule has 1 N–H and O–H groups in total. The average Bonchev–Trinajstić information content (AvgIpc) is 2.65. The molecule has 0 amide bonds. The molecular weight excluding hydrogens is 190 g/mol. The Balaban J connectivity index is 1.92. The largest absolute Gasteiger partial charge is 0.463 e. The van der Waals surface area contributed by atoms with Crippen molar-refractivity contribution in [3.63, 3.8) is 0 Å². The van der Waals surface area contributed by atoms with Gasteiger partial charge in [0.25, 0.3) is 0 Å². The third-order valence-electron chi connectivity index (χ3n) is 2.57. The van der Waals surface area contributed by atoms with Crippen molar-refractivity contribution in [2.24, 2.45) is 5.92 Å². The molecule has 0 bridgehead atoms. The fourth-order valence-corrected chi connectivity index (χ4v) is 1.81. The Morgan fingerprint density at radius 1 is 1.40 bits per heavy atom. The topological polar surface area (TPSA) is 47.0 Å². The van der Waals surface area contributed by atoms with Crippen molar-refractivity contribution >= 4 is 0 Å². The highest BCUT2D eigenvalue weighted by atomic mass is 16.5. The zero-order valence-electron chi connectivity index (χ0n) is 9.29. The molecule has 1 aromatic rings. The van der Waals surface area contributed by atoms with Gasteiger partial charge in [-0.05, 0) is 32.9 Å². The lowest BCUT2D eigenvalue weighted by atomic mass is 10.1. The maximum Gasteiger partial charge on any atom is 0.316 e. The number of nitrogens with one attached hydrogen (secondary N) is 1. The van der Waals surface area contributed by atoms with E-state index in [1.165, 1.54) is 6.42 Å². The molecule has 0 saturated carbocycles. The number of hydrogen-bond acceptors (Lipinski definition) is 4. The minimum Gasteiger partial charge on any atom is -0.463 e. The number of nitrogens with zero attached hydrogens (tertiary/aromatic N) is 2. The zero-order valence-corrected chi connectivity index (χ0v) is 9.29. The molecular formula is C11H17N3O. The van der Waals surface area contributed by atoms with E-state index in [9.17, 15) is 0 Å². The van der Waals surface area contributed by atoms with E-state index in [0.29, 0.717) is 11.9 Å². The van der Waals surface area contributed by atoms with Gasteiger partial charge in [0.15, 0.2) is 0 Å². The second-order valence-corrected chi connectivity index (χ2v) is 4.10. The van der Waals surface area contributed by atoms with Gasteiger partial charge in [0.2, 0.25) is 0 Å². The summed E-state index contributed by atoms with van der Waals surface area (Å²) in [6.07, 6.45) is 1.19. The van der Waals surface area contributed by atoms with Gasteiger partial charge in [-0.25, -0.2) is 9.97 Å². The summed E-state index contributed by atoms with van der Waals surface area (Å²) in [5.74, 6) is 0.606. The van der Waals surface area contributed by atoms with Crippen molar-refractivity contribution < 1.29 is 4.74 Å². The highest BCUT2D eigenvalue weighted by molar-refractivity contribution is 5.10. The minimum atomic E-state index is 0.513. The molecule has 0 aromatic carbocycles. The molecule has 1 aliphatic heterocycles. The van der Waals surface area contributed by atoms with Crippen LogP contribution >= 0.6 is 0 Å². The number of ether oxygens (including phenoxy) is 1. The average molecular weight is 207 g/mol. The molecule has 0 radical (unpaired) electrons. The lowest BCUT2D eigenvalue weighted by molar-refractivity contribution is 0.240. The van der Waals surface area contributed by atoms with Crippen LogP contribution in [-0.4, -0.2) is 29.7 Å². The Hall–Kier alpha value is -1.16. The molecule has 1 fully saturated rings. The summed E-state index contributed by atoms with van der Waals surface area (Å²) in [5.41, 5.74) is 1.92. The summed E-state index contributed by atoms with van der Waals surface area (Å²) in [5, 5.41) is 3.31. The molecule has 82 valence electrons. The van der Waals surface area contributed by atoms with Gasteiger partial charge >= 0.3 is 6.01 Å². The van der Waals surface area contributed by atoms with E-state index in [1.807, 2.05) is 19.9 Å². The second-order valence-electron chi connectivity index (χ2n) is 4.10. The summed E-state index contributed by atoms with van der Waals surface area (Å²) in [6.45, 7) is 6.78. The fraction of sp³-hybridized carbons (Fsp3) is 0.636. The lowest BCUT2D eigenvalue weighted by Gasteiger charge is -2.09.